The minimum atomic E-state index is -4.27. The molecule has 162 valence electrons. The molecule has 0 saturated carbocycles. The molecule has 29 heavy (non-hydrogen) atoms. The molecule has 2 aliphatic rings. The Morgan fingerprint density at radius 2 is 1.90 bits per heavy atom. The Balaban J connectivity index is 1.41. The van der Waals surface area contributed by atoms with E-state index in [2.05, 4.69) is 15.5 Å². The zero-order valence-corrected chi connectivity index (χ0v) is 17.3. The molecule has 2 aliphatic heterocycles. The van der Waals surface area contributed by atoms with Crippen molar-refractivity contribution in [2.24, 2.45) is 0 Å². The summed E-state index contributed by atoms with van der Waals surface area (Å²) in [5.74, 6) is 0.198. The molecule has 1 aromatic carbocycles. The van der Waals surface area contributed by atoms with Crippen LogP contribution in [0.25, 0.3) is 0 Å². The topological polar surface area (TPSA) is 47.6 Å². The van der Waals surface area contributed by atoms with E-state index in [-0.39, 0.29) is 28.6 Å². The molecule has 0 spiro atoms. The van der Waals surface area contributed by atoms with Crippen molar-refractivity contribution in [1.29, 1.82) is 0 Å². The van der Waals surface area contributed by atoms with Crippen molar-refractivity contribution in [1.82, 2.24) is 15.1 Å². The van der Waals surface area contributed by atoms with Crippen LogP contribution in [0.1, 0.15) is 25.7 Å². The number of piperidine rings is 1. The minimum absolute atomic E-state index is 0.110. The molecule has 0 aliphatic carbocycles. The Kier molecular flexibility index (Phi) is 8.08. The number of benzene rings is 1. The van der Waals surface area contributed by atoms with E-state index < -0.39 is 5.51 Å². The zero-order valence-electron chi connectivity index (χ0n) is 16.5. The average Bonchev–Trinajstić information content (AvgIpc) is 2.69. The maximum atomic E-state index is 12.6. The third-order valence-electron chi connectivity index (χ3n) is 5.31. The van der Waals surface area contributed by atoms with Crippen LogP contribution in [0, 0.1) is 0 Å². The molecular weight excluding hydrogens is 401 g/mol. The minimum Gasteiger partial charge on any atom is -0.381 e. The number of alkyl halides is 3. The SMILES string of the molecule is O=C(CCCN1CCNCC1)N1CCC[C@H](Nc2ccc(SC(F)(F)F)cc2)C1. The smallest absolute Gasteiger partial charge is 0.381 e. The van der Waals surface area contributed by atoms with Crippen LogP contribution in [0.4, 0.5) is 18.9 Å². The lowest BCUT2D eigenvalue weighted by molar-refractivity contribution is -0.132. The van der Waals surface area contributed by atoms with Crippen LogP contribution < -0.4 is 10.6 Å². The molecule has 3 rings (SSSR count). The molecule has 1 aromatic rings. The number of carbonyl (C=O) groups excluding carboxylic acids is 1. The molecule has 0 radical (unpaired) electrons. The summed E-state index contributed by atoms with van der Waals surface area (Å²) in [4.78, 5) is 17.1. The predicted molar refractivity (Wildman–Crippen MR) is 110 cm³/mol. The average molecular weight is 431 g/mol. The summed E-state index contributed by atoms with van der Waals surface area (Å²) >= 11 is -0.110. The second-order valence-corrected chi connectivity index (χ2v) is 8.73. The van der Waals surface area contributed by atoms with Crippen LogP contribution in [-0.2, 0) is 4.79 Å². The number of amides is 1. The number of anilines is 1. The van der Waals surface area contributed by atoms with Gasteiger partial charge in [0.25, 0.3) is 0 Å². The molecule has 2 N–H and O–H groups in total. The fourth-order valence-electron chi connectivity index (χ4n) is 3.86. The number of nitrogens with zero attached hydrogens (tertiary/aromatic N) is 2. The molecule has 0 unspecified atom stereocenters. The summed E-state index contributed by atoms with van der Waals surface area (Å²) in [6.45, 7) is 6.52. The maximum Gasteiger partial charge on any atom is 0.446 e. The second kappa shape index (κ2) is 10.5. The van der Waals surface area contributed by atoms with Crippen molar-refractivity contribution in [2.75, 3.05) is 51.1 Å². The number of thioether (sulfide) groups is 1. The molecule has 5 nitrogen and oxygen atoms in total. The number of piperazine rings is 1. The maximum absolute atomic E-state index is 12.6. The zero-order chi connectivity index (χ0) is 20.7. The van der Waals surface area contributed by atoms with Crippen LogP contribution in [-0.4, -0.2) is 73.1 Å². The lowest BCUT2D eigenvalue weighted by Crippen LogP contribution is -2.46. The number of likely N-dealkylation sites (tertiary alicyclic amines) is 1. The van der Waals surface area contributed by atoms with Gasteiger partial charge in [0.15, 0.2) is 0 Å². The lowest BCUT2D eigenvalue weighted by atomic mass is 10.0. The Hall–Kier alpha value is -1.45. The first-order chi connectivity index (χ1) is 13.9. The van der Waals surface area contributed by atoms with Crippen molar-refractivity contribution in [2.45, 2.75) is 42.1 Å². The summed E-state index contributed by atoms with van der Waals surface area (Å²) < 4.78 is 37.3. The fourth-order valence-corrected chi connectivity index (χ4v) is 4.40. The van der Waals surface area contributed by atoms with E-state index in [1.54, 1.807) is 12.1 Å². The van der Waals surface area contributed by atoms with Crippen molar-refractivity contribution < 1.29 is 18.0 Å². The third-order valence-corrected chi connectivity index (χ3v) is 6.05. The number of hydrogen-bond donors (Lipinski definition) is 2. The largest absolute Gasteiger partial charge is 0.446 e. The van der Waals surface area contributed by atoms with E-state index in [0.717, 1.165) is 64.2 Å². The van der Waals surface area contributed by atoms with Gasteiger partial charge in [0.05, 0.1) is 0 Å². The summed E-state index contributed by atoms with van der Waals surface area (Å²) in [5, 5.41) is 6.69. The van der Waals surface area contributed by atoms with Crippen molar-refractivity contribution in [3.8, 4) is 0 Å². The summed E-state index contributed by atoms with van der Waals surface area (Å²) in [5.41, 5.74) is -3.49. The number of carbonyl (C=O) groups is 1. The fraction of sp³-hybridized carbons (Fsp3) is 0.650. The molecule has 0 aromatic heterocycles. The van der Waals surface area contributed by atoms with Gasteiger partial charge in [-0.3, -0.25) is 4.79 Å². The van der Waals surface area contributed by atoms with Gasteiger partial charge in [-0.05, 0) is 61.8 Å². The highest BCUT2D eigenvalue weighted by Crippen LogP contribution is 2.37. The van der Waals surface area contributed by atoms with E-state index in [1.807, 2.05) is 4.90 Å². The van der Waals surface area contributed by atoms with Crippen molar-refractivity contribution >= 4 is 23.4 Å². The first-order valence-electron chi connectivity index (χ1n) is 10.2. The van der Waals surface area contributed by atoms with Crippen LogP contribution in [0.3, 0.4) is 0 Å². The van der Waals surface area contributed by atoms with E-state index >= 15 is 0 Å². The van der Waals surface area contributed by atoms with E-state index in [4.69, 9.17) is 0 Å². The van der Waals surface area contributed by atoms with Gasteiger partial charge in [0.2, 0.25) is 5.91 Å². The standard InChI is InChI=1S/C20H29F3N4OS/c21-20(22,23)29-18-7-5-16(6-8-18)25-17-3-1-12-27(15-17)19(28)4-2-11-26-13-9-24-10-14-26/h5-8,17,24-25H,1-4,9-15H2/t17-/m0/s1. The quantitative estimate of drug-likeness (QED) is 0.650. The number of halogens is 3. The first-order valence-corrected chi connectivity index (χ1v) is 11.0. The Labute approximate surface area is 174 Å². The Morgan fingerprint density at radius 3 is 2.59 bits per heavy atom. The molecule has 1 amide bonds. The summed E-state index contributed by atoms with van der Waals surface area (Å²) in [6, 6.07) is 6.41. The van der Waals surface area contributed by atoms with Gasteiger partial charge in [-0.2, -0.15) is 13.2 Å². The highest BCUT2D eigenvalue weighted by atomic mass is 32.2. The van der Waals surface area contributed by atoms with E-state index in [9.17, 15) is 18.0 Å². The molecular formula is C20H29F3N4OS. The number of hydrogen-bond acceptors (Lipinski definition) is 5. The highest BCUT2D eigenvalue weighted by molar-refractivity contribution is 8.00. The highest BCUT2D eigenvalue weighted by Gasteiger charge is 2.29. The van der Waals surface area contributed by atoms with Crippen LogP contribution in [0.5, 0.6) is 0 Å². The van der Waals surface area contributed by atoms with Gasteiger partial charge in [0, 0.05) is 62.3 Å². The molecule has 0 bridgehead atoms. The van der Waals surface area contributed by atoms with Gasteiger partial charge < -0.3 is 20.4 Å². The van der Waals surface area contributed by atoms with E-state index in [1.165, 1.54) is 12.1 Å². The normalized spacial score (nSPS) is 21.2. The molecule has 2 fully saturated rings. The molecule has 2 heterocycles. The molecule has 9 heteroatoms. The summed E-state index contributed by atoms with van der Waals surface area (Å²) in [6.07, 6.45) is 3.33. The first kappa shape index (κ1) is 22.2. The van der Waals surface area contributed by atoms with Gasteiger partial charge in [-0.1, -0.05) is 0 Å². The lowest BCUT2D eigenvalue weighted by Gasteiger charge is -2.34. The van der Waals surface area contributed by atoms with Crippen LogP contribution in [0.15, 0.2) is 29.2 Å². The Bertz CT molecular complexity index is 650. The van der Waals surface area contributed by atoms with Gasteiger partial charge in [0.1, 0.15) is 0 Å². The number of rotatable bonds is 7. The molecule has 1 atom stereocenters. The third kappa shape index (κ3) is 7.71. The van der Waals surface area contributed by atoms with Crippen LogP contribution >= 0.6 is 11.8 Å². The predicted octanol–water partition coefficient (Wildman–Crippen LogP) is 3.39. The second-order valence-electron chi connectivity index (χ2n) is 7.59. The van der Waals surface area contributed by atoms with Gasteiger partial charge in [-0.25, -0.2) is 0 Å². The molecule has 2 saturated heterocycles. The van der Waals surface area contributed by atoms with Crippen LogP contribution in [0.2, 0.25) is 0 Å². The summed E-state index contributed by atoms with van der Waals surface area (Å²) in [7, 11) is 0. The number of nitrogens with one attached hydrogen (secondary N) is 2. The van der Waals surface area contributed by atoms with Crippen molar-refractivity contribution in [3.05, 3.63) is 24.3 Å². The van der Waals surface area contributed by atoms with Crippen molar-refractivity contribution in [3.63, 3.8) is 0 Å². The monoisotopic (exact) mass is 430 g/mol. The van der Waals surface area contributed by atoms with Gasteiger partial charge in [-0.15, -0.1) is 0 Å². The van der Waals surface area contributed by atoms with E-state index in [0.29, 0.717) is 13.0 Å². The Morgan fingerprint density at radius 1 is 1.17 bits per heavy atom. The van der Waals surface area contributed by atoms with Gasteiger partial charge >= 0.3 is 5.51 Å².